The monoisotopic (exact) mass is 322 g/mol. The second-order valence-corrected chi connectivity index (χ2v) is 4.08. The van der Waals surface area contributed by atoms with Gasteiger partial charge in [0.05, 0.1) is 0 Å². The number of hydrogen-bond acceptors (Lipinski definition) is 4. The van der Waals surface area contributed by atoms with Crippen LogP contribution < -0.4 is 10.6 Å². The van der Waals surface area contributed by atoms with Gasteiger partial charge in [-0.3, -0.25) is 0 Å². The van der Waals surface area contributed by atoms with Crippen LogP contribution >= 0.6 is 0 Å². The van der Waals surface area contributed by atoms with E-state index in [1.807, 2.05) is 5.32 Å². The van der Waals surface area contributed by atoms with Crippen LogP contribution in [0.15, 0.2) is 18.2 Å². The van der Waals surface area contributed by atoms with E-state index in [1.165, 1.54) is 7.05 Å². The lowest BCUT2D eigenvalue weighted by Gasteiger charge is -2.12. The van der Waals surface area contributed by atoms with Gasteiger partial charge in [-0.25, -0.2) is 18.2 Å². The Hall–Kier alpha value is -2.52. The van der Waals surface area contributed by atoms with Gasteiger partial charge in [0.2, 0.25) is 5.95 Å². The smallest absolute Gasteiger partial charge is 0.357 e. The lowest BCUT2D eigenvalue weighted by Crippen LogP contribution is -2.12. The summed E-state index contributed by atoms with van der Waals surface area (Å²) in [5, 5.41) is 4.34. The maximum absolute atomic E-state index is 13.5. The minimum absolute atomic E-state index is 0.385. The van der Waals surface area contributed by atoms with Crippen LogP contribution in [0, 0.1) is 17.5 Å². The third kappa shape index (κ3) is 3.38. The number of aromatic nitrogens is 2. The summed E-state index contributed by atoms with van der Waals surface area (Å²) in [6.07, 6.45) is -4.77. The molecule has 4 nitrogen and oxygen atoms in total. The Morgan fingerprint density at radius 2 is 1.55 bits per heavy atom. The molecule has 1 heterocycles. The van der Waals surface area contributed by atoms with E-state index in [4.69, 9.17) is 0 Å². The molecule has 22 heavy (non-hydrogen) atoms. The number of hydrogen-bond donors (Lipinski definition) is 2. The first kappa shape index (κ1) is 15.9. The lowest BCUT2D eigenvalue weighted by atomic mass is 10.2. The first-order valence-corrected chi connectivity index (χ1v) is 5.76. The molecule has 2 rings (SSSR count). The first-order valence-electron chi connectivity index (χ1n) is 5.76. The van der Waals surface area contributed by atoms with Crippen LogP contribution in [-0.2, 0) is 6.18 Å². The summed E-state index contributed by atoms with van der Waals surface area (Å²) in [4.78, 5) is 6.79. The van der Waals surface area contributed by atoms with Crippen molar-refractivity contribution in [2.24, 2.45) is 0 Å². The van der Waals surface area contributed by atoms with E-state index in [2.05, 4.69) is 15.3 Å². The molecule has 0 spiro atoms. The molecule has 0 saturated carbocycles. The largest absolute Gasteiger partial charge is 0.433 e. The van der Waals surface area contributed by atoms with E-state index in [1.54, 1.807) is 0 Å². The van der Waals surface area contributed by atoms with Gasteiger partial charge in [-0.05, 0) is 0 Å². The van der Waals surface area contributed by atoms with Crippen LogP contribution in [-0.4, -0.2) is 17.0 Å². The molecule has 1 aromatic heterocycles. The van der Waals surface area contributed by atoms with Crippen LogP contribution in [0.2, 0.25) is 0 Å². The van der Waals surface area contributed by atoms with Gasteiger partial charge in [-0.1, -0.05) is 0 Å². The second-order valence-electron chi connectivity index (χ2n) is 4.08. The minimum atomic E-state index is -4.77. The predicted octanol–water partition coefficient (Wildman–Crippen LogP) is 3.70. The molecular formula is C12H8F6N4. The van der Waals surface area contributed by atoms with Crippen molar-refractivity contribution >= 4 is 17.5 Å². The van der Waals surface area contributed by atoms with Crippen LogP contribution in [0.25, 0.3) is 0 Å². The number of anilines is 3. The average molecular weight is 322 g/mol. The Morgan fingerprint density at radius 3 is 2.05 bits per heavy atom. The number of nitrogens with one attached hydrogen (secondary N) is 2. The number of rotatable bonds is 3. The SMILES string of the molecule is CNc1nc(Nc2c(F)cc(F)cc2F)cc(C(F)(F)F)n1. The lowest BCUT2D eigenvalue weighted by molar-refractivity contribution is -0.141. The number of benzene rings is 1. The molecule has 0 aliphatic carbocycles. The zero-order valence-corrected chi connectivity index (χ0v) is 10.9. The van der Waals surface area contributed by atoms with Crippen molar-refractivity contribution in [3.05, 3.63) is 41.3 Å². The van der Waals surface area contributed by atoms with Gasteiger partial charge < -0.3 is 10.6 Å². The van der Waals surface area contributed by atoms with Gasteiger partial charge in [0.15, 0.2) is 17.3 Å². The summed E-state index contributed by atoms with van der Waals surface area (Å²) >= 11 is 0. The molecule has 0 amide bonds. The van der Waals surface area contributed by atoms with E-state index in [0.29, 0.717) is 18.2 Å². The fourth-order valence-electron chi connectivity index (χ4n) is 1.56. The van der Waals surface area contributed by atoms with Crippen molar-refractivity contribution in [2.45, 2.75) is 6.18 Å². The normalized spacial score (nSPS) is 11.4. The molecule has 0 atom stereocenters. The predicted molar refractivity (Wildman–Crippen MR) is 66.2 cm³/mol. The molecule has 0 fully saturated rings. The first-order chi connectivity index (χ1) is 10.2. The number of alkyl halides is 3. The molecular weight excluding hydrogens is 314 g/mol. The Balaban J connectivity index is 2.46. The standard InChI is InChI=1S/C12H8F6N4/c1-19-11-20-8(12(16,17)18)4-9(22-11)21-10-6(14)2-5(13)3-7(10)15/h2-4H,1H3,(H2,19,20,21,22). The van der Waals surface area contributed by atoms with Crippen molar-refractivity contribution in [3.8, 4) is 0 Å². The van der Waals surface area contributed by atoms with E-state index in [9.17, 15) is 26.3 Å². The highest BCUT2D eigenvalue weighted by atomic mass is 19.4. The fraction of sp³-hybridized carbons (Fsp3) is 0.167. The molecule has 2 N–H and O–H groups in total. The zero-order valence-electron chi connectivity index (χ0n) is 10.9. The molecule has 0 bridgehead atoms. The number of nitrogens with zero attached hydrogens (tertiary/aromatic N) is 2. The second kappa shape index (κ2) is 5.70. The Labute approximate surface area is 120 Å². The molecule has 10 heteroatoms. The molecule has 118 valence electrons. The summed E-state index contributed by atoms with van der Waals surface area (Å²) in [7, 11) is 1.28. The molecule has 0 aliphatic heterocycles. The van der Waals surface area contributed by atoms with E-state index in [-0.39, 0.29) is 0 Å². The van der Waals surface area contributed by atoms with Crippen molar-refractivity contribution in [2.75, 3.05) is 17.7 Å². The maximum Gasteiger partial charge on any atom is 0.433 e. The maximum atomic E-state index is 13.5. The van der Waals surface area contributed by atoms with Gasteiger partial charge in [0.25, 0.3) is 0 Å². The molecule has 0 unspecified atom stereocenters. The van der Waals surface area contributed by atoms with Crippen molar-refractivity contribution in [1.29, 1.82) is 0 Å². The summed E-state index contributed by atoms with van der Waals surface area (Å²) in [5.41, 5.74) is -2.13. The highest BCUT2D eigenvalue weighted by Crippen LogP contribution is 2.31. The topological polar surface area (TPSA) is 49.8 Å². The molecule has 0 radical (unpaired) electrons. The molecule has 2 aromatic rings. The van der Waals surface area contributed by atoms with Gasteiger partial charge >= 0.3 is 6.18 Å². The Kier molecular flexibility index (Phi) is 4.11. The summed E-state index contributed by atoms with van der Waals surface area (Å²) in [5.74, 6) is -4.68. The highest BCUT2D eigenvalue weighted by molar-refractivity contribution is 5.59. The Morgan fingerprint density at radius 1 is 0.955 bits per heavy atom. The van der Waals surface area contributed by atoms with E-state index < -0.39 is 46.8 Å². The summed E-state index contributed by atoms with van der Waals surface area (Å²) < 4.78 is 77.8. The van der Waals surface area contributed by atoms with Crippen LogP contribution in [0.3, 0.4) is 0 Å². The quantitative estimate of drug-likeness (QED) is 0.846. The molecule has 0 saturated heterocycles. The van der Waals surface area contributed by atoms with Gasteiger partial charge in [-0.15, -0.1) is 0 Å². The molecule has 1 aromatic carbocycles. The van der Waals surface area contributed by atoms with E-state index in [0.717, 1.165) is 0 Å². The summed E-state index contributed by atoms with van der Waals surface area (Å²) in [6.45, 7) is 0. The van der Waals surface area contributed by atoms with Crippen molar-refractivity contribution in [1.82, 2.24) is 9.97 Å². The third-order valence-corrected chi connectivity index (χ3v) is 2.50. The third-order valence-electron chi connectivity index (χ3n) is 2.50. The van der Waals surface area contributed by atoms with Gasteiger partial charge in [0.1, 0.15) is 17.3 Å². The summed E-state index contributed by atoms with van der Waals surface area (Å²) in [6, 6.07) is 1.25. The fourth-order valence-corrected chi connectivity index (χ4v) is 1.56. The highest BCUT2D eigenvalue weighted by Gasteiger charge is 2.33. The average Bonchev–Trinajstić information content (AvgIpc) is 2.41. The van der Waals surface area contributed by atoms with Crippen LogP contribution in [0.1, 0.15) is 5.69 Å². The number of halogens is 6. The van der Waals surface area contributed by atoms with Crippen LogP contribution in [0.4, 0.5) is 43.8 Å². The minimum Gasteiger partial charge on any atom is -0.357 e. The Bertz CT molecular complexity index is 677. The molecule has 0 aliphatic rings. The zero-order chi connectivity index (χ0) is 16.5. The van der Waals surface area contributed by atoms with E-state index >= 15 is 0 Å². The van der Waals surface area contributed by atoms with Crippen molar-refractivity contribution < 1.29 is 26.3 Å². The van der Waals surface area contributed by atoms with Gasteiger partial charge in [-0.2, -0.15) is 18.2 Å². The van der Waals surface area contributed by atoms with Crippen LogP contribution in [0.5, 0.6) is 0 Å². The van der Waals surface area contributed by atoms with Gasteiger partial charge in [0, 0.05) is 25.2 Å². The van der Waals surface area contributed by atoms with Crippen molar-refractivity contribution in [3.63, 3.8) is 0 Å².